The van der Waals surface area contributed by atoms with E-state index in [2.05, 4.69) is 5.32 Å². The van der Waals surface area contributed by atoms with E-state index in [1.165, 1.54) is 11.6 Å². The summed E-state index contributed by atoms with van der Waals surface area (Å²) < 4.78 is 0. The number of aromatic hydroxyl groups is 2. The number of hydrogen-bond donors (Lipinski definition) is 3. The number of carbonyl (C=O) groups excluding carboxylic acids is 1. The van der Waals surface area contributed by atoms with Crippen LogP contribution in [0.1, 0.15) is 35.4 Å². The van der Waals surface area contributed by atoms with Crippen molar-refractivity contribution in [1.29, 1.82) is 0 Å². The van der Waals surface area contributed by atoms with Gasteiger partial charge in [-0.3, -0.25) is 0 Å². The Bertz CT molecular complexity index is 753. The van der Waals surface area contributed by atoms with E-state index in [1.54, 1.807) is 17.2 Å². The number of aryl methyl sites for hydroxylation is 1. The second-order valence-electron chi connectivity index (χ2n) is 6.66. The highest BCUT2D eigenvalue weighted by atomic mass is 16.7. The Balaban J connectivity index is 1.44. The molecule has 1 fully saturated rings. The molecule has 138 valence electrons. The van der Waals surface area contributed by atoms with Crippen LogP contribution in [0.15, 0.2) is 42.5 Å². The topological polar surface area (TPSA) is 82.0 Å². The summed E-state index contributed by atoms with van der Waals surface area (Å²) in [4.78, 5) is 17.3. The lowest BCUT2D eigenvalue weighted by molar-refractivity contribution is -0.113. The monoisotopic (exact) mass is 356 g/mol. The lowest BCUT2D eigenvalue weighted by Crippen LogP contribution is -2.38. The Morgan fingerprint density at radius 1 is 1.15 bits per heavy atom. The standard InChI is InChI=1S/C20H24N2O4/c1-14-2-4-15(5-3-14)13-21-20(25)26-22-10-8-16(9-11-22)18-7-6-17(23)12-19(18)24/h2-7,12,16,23-24H,8-11,13H2,1H3,(H,21,25). The molecule has 3 rings (SSSR count). The number of hydrogen-bond acceptors (Lipinski definition) is 5. The summed E-state index contributed by atoms with van der Waals surface area (Å²) in [7, 11) is 0. The van der Waals surface area contributed by atoms with Crippen LogP contribution in [0.25, 0.3) is 0 Å². The van der Waals surface area contributed by atoms with E-state index in [0.29, 0.717) is 19.6 Å². The van der Waals surface area contributed by atoms with Crippen LogP contribution in [0, 0.1) is 6.92 Å². The zero-order chi connectivity index (χ0) is 18.5. The number of phenolic OH excluding ortho intramolecular Hbond substituents is 2. The first kappa shape index (κ1) is 18.1. The van der Waals surface area contributed by atoms with Crippen LogP contribution in [0.2, 0.25) is 0 Å². The van der Waals surface area contributed by atoms with Crippen LogP contribution in [0.4, 0.5) is 4.79 Å². The molecule has 1 amide bonds. The van der Waals surface area contributed by atoms with Crippen molar-refractivity contribution in [3.05, 3.63) is 59.2 Å². The number of hydroxylamine groups is 2. The third kappa shape index (κ3) is 4.67. The van der Waals surface area contributed by atoms with Crippen LogP contribution >= 0.6 is 0 Å². The van der Waals surface area contributed by atoms with E-state index >= 15 is 0 Å². The largest absolute Gasteiger partial charge is 0.508 e. The third-order valence-corrected chi connectivity index (χ3v) is 4.68. The molecule has 0 bridgehead atoms. The molecule has 0 aromatic heterocycles. The Labute approximate surface area is 153 Å². The Kier molecular flexibility index (Phi) is 5.63. The average molecular weight is 356 g/mol. The van der Waals surface area contributed by atoms with Crippen LogP contribution in [0.5, 0.6) is 11.5 Å². The van der Waals surface area contributed by atoms with Crippen molar-refractivity contribution in [3.8, 4) is 11.5 Å². The van der Waals surface area contributed by atoms with Gasteiger partial charge in [0.05, 0.1) is 0 Å². The Morgan fingerprint density at radius 3 is 2.50 bits per heavy atom. The maximum Gasteiger partial charge on any atom is 0.426 e. The molecule has 1 aliphatic heterocycles. The summed E-state index contributed by atoms with van der Waals surface area (Å²) in [5, 5.41) is 23.8. The number of amides is 1. The Morgan fingerprint density at radius 2 is 1.85 bits per heavy atom. The van der Waals surface area contributed by atoms with Gasteiger partial charge in [-0.25, -0.2) is 4.79 Å². The maximum atomic E-state index is 12.0. The fourth-order valence-corrected chi connectivity index (χ4v) is 3.17. The van der Waals surface area contributed by atoms with E-state index in [1.807, 2.05) is 31.2 Å². The SMILES string of the molecule is Cc1ccc(CNC(=O)ON2CCC(c3ccc(O)cc3O)CC2)cc1. The summed E-state index contributed by atoms with van der Waals surface area (Å²) in [5.41, 5.74) is 3.03. The van der Waals surface area contributed by atoms with Gasteiger partial charge in [0.25, 0.3) is 0 Å². The quantitative estimate of drug-likeness (QED) is 0.782. The number of nitrogens with one attached hydrogen (secondary N) is 1. The molecule has 0 atom stereocenters. The van der Waals surface area contributed by atoms with Gasteiger partial charge in [-0.15, -0.1) is 5.06 Å². The van der Waals surface area contributed by atoms with Gasteiger partial charge in [-0.05, 0) is 42.9 Å². The summed E-state index contributed by atoms with van der Waals surface area (Å²) in [6.07, 6.45) is 1.07. The van der Waals surface area contributed by atoms with Crippen molar-refractivity contribution in [2.75, 3.05) is 13.1 Å². The first-order chi connectivity index (χ1) is 12.5. The van der Waals surface area contributed by atoms with Crippen molar-refractivity contribution in [2.24, 2.45) is 0 Å². The van der Waals surface area contributed by atoms with E-state index in [9.17, 15) is 15.0 Å². The molecule has 1 heterocycles. The normalized spacial score (nSPS) is 15.6. The molecule has 0 unspecified atom stereocenters. The second kappa shape index (κ2) is 8.10. The summed E-state index contributed by atoms with van der Waals surface area (Å²) in [6, 6.07) is 12.7. The number of rotatable bonds is 4. The lowest BCUT2D eigenvalue weighted by atomic mass is 9.89. The average Bonchev–Trinajstić information content (AvgIpc) is 2.62. The highest BCUT2D eigenvalue weighted by Crippen LogP contribution is 2.35. The summed E-state index contributed by atoms with van der Waals surface area (Å²) in [6.45, 7) is 3.65. The molecule has 0 aliphatic carbocycles. The van der Waals surface area contributed by atoms with Crippen LogP contribution in [0.3, 0.4) is 0 Å². The number of carbonyl (C=O) groups is 1. The molecule has 6 heteroatoms. The summed E-state index contributed by atoms with van der Waals surface area (Å²) in [5.74, 6) is 0.351. The number of piperidine rings is 1. The van der Waals surface area contributed by atoms with E-state index in [4.69, 9.17) is 4.84 Å². The smallest absolute Gasteiger partial charge is 0.426 e. The molecule has 1 saturated heterocycles. The van der Waals surface area contributed by atoms with Gasteiger partial charge in [0.2, 0.25) is 0 Å². The molecule has 0 spiro atoms. The fourth-order valence-electron chi connectivity index (χ4n) is 3.17. The zero-order valence-corrected chi connectivity index (χ0v) is 14.8. The van der Waals surface area contributed by atoms with Gasteiger partial charge in [-0.1, -0.05) is 35.9 Å². The van der Waals surface area contributed by atoms with Gasteiger partial charge >= 0.3 is 6.09 Å². The third-order valence-electron chi connectivity index (χ3n) is 4.68. The highest BCUT2D eigenvalue weighted by molar-refractivity contribution is 5.66. The minimum atomic E-state index is -0.462. The molecule has 6 nitrogen and oxygen atoms in total. The second-order valence-corrected chi connectivity index (χ2v) is 6.66. The van der Waals surface area contributed by atoms with Crippen molar-refractivity contribution < 1.29 is 19.8 Å². The molecule has 3 N–H and O–H groups in total. The van der Waals surface area contributed by atoms with E-state index in [0.717, 1.165) is 24.0 Å². The van der Waals surface area contributed by atoms with Crippen molar-refractivity contribution >= 4 is 6.09 Å². The number of benzene rings is 2. The van der Waals surface area contributed by atoms with Crippen molar-refractivity contribution in [2.45, 2.75) is 32.2 Å². The first-order valence-electron chi connectivity index (χ1n) is 8.79. The van der Waals surface area contributed by atoms with Crippen LogP contribution < -0.4 is 5.32 Å². The molecule has 1 aliphatic rings. The Hall–Kier alpha value is -2.73. The van der Waals surface area contributed by atoms with Crippen LogP contribution in [-0.4, -0.2) is 34.5 Å². The lowest BCUT2D eigenvalue weighted by Gasteiger charge is -2.30. The molecule has 26 heavy (non-hydrogen) atoms. The predicted octanol–water partition coefficient (Wildman–Crippen LogP) is 3.43. The predicted molar refractivity (Wildman–Crippen MR) is 97.8 cm³/mol. The first-order valence-corrected chi connectivity index (χ1v) is 8.79. The molecule has 0 saturated carbocycles. The maximum absolute atomic E-state index is 12.0. The summed E-state index contributed by atoms with van der Waals surface area (Å²) >= 11 is 0. The molecule has 0 radical (unpaired) electrons. The molecule has 2 aromatic carbocycles. The zero-order valence-electron chi connectivity index (χ0n) is 14.8. The molecule has 2 aromatic rings. The number of phenols is 2. The van der Waals surface area contributed by atoms with E-state index < -0.39 is 6.09 Å². The van der Waals surface area contributed by atoms with Gasteiger partial charge in [-0.2, -0.15) is 0 Å². The minimum absolute atomic E-state index is 0.0530. The molecular weight excluding hydrogens is 332 g/mol. The van der Waals surface area contributed by atoms with Gasteiger partial charge in [0.1, 0.15) is 11.5 Å². The van der Waals surface area contributed by atoms with Crippen molar-refractivity contribution in [3.63, 3.8) is 0 Å². The van der Waals surface area contributed by atoms with E-state index in [-0.39, 0.29) is 17.4 Å². The highest BCUT2D eigenvalue weighted by Gasteiger charge is 2.25. The van der Waals surface area contributed by atoms with Gasteiger partial charge < -0.3 is 20.4 Å². The fraction of sp³-hybridized carbons (Fsp3) is 0.350. The van der Waals surface area contributed by atoms with Gasteiger partial charge in [0, 0.05) is 25.7 Å². The molecular formula is C20H24N2O4. The van der Waals surface area contributed by atoms with Crippen LogP contribution in [-0.2, 0) is 11.4 Å². The minimum Gasteiger partial charge on any atom is -0.508 e. The van der Waals surface area contributed by atoms with Crippen molar-refractivity contribution in [1.82, 2.24) is 10.4 Å². The number of nitrogens with zero attached hydrogens (tertiary/aromatic N) is 1. The van der Waals surface area contributed by atoms with Gasteiger partial charge in [0.15, 0.2) is 0 Å².